The summed E-state index contributed by atoms with van der Waals surface area (Å²) in [6.07, 6.45) is 2.87. The van der Waals surface area contributed by atoms with Gasteiger partial charge in [-0.3, -0.25) is 0 Å². The first-order chi connectivity index (χ1) is 9.92. The fourth-order valence-corrected chi connectivity index (χ4v) is 3.10. The average Bonchev–Trinajstić information content (AvgIpc) is 2.39. The highest BCUT2D eigenvalue weighted by atomic mass is 15.2. The van der Waals surface area contributed by atoms with Gasteiger partial charge in [0.25, 0.3) is 0 Å². The van der Waals surface area contributed by atoms with Gasteiger partial charge in [-0.15, -0.1) is 0 Å². The van der Waals surface area contributed by atoms with Crippen molar-refractivity contribution in [1.82, 2.24) is 15.1 Å². The third-order valence-corrected chi connectivity index (χ3v) is 4.14. The van der Waals surface area contributed by atoms with Gasteiger partial charge in [0.15, 0.2) is 0 Å². The molecule has 21 heavy (non-hydrogen) atoms. The van der Waals surface area contributed by atoms with Gasteiger partial charge in [-0.1, -0.05) is 13.8 Å². The van der Waals surface area contributed by atoms with Gasteiger partial charge in [0.1, 0.15) is 0 Å². The Morgan fingerprint density at radius 3 is 1.33 bits per heavy atom. The van der Waals surface area contributed by atoms with E-state index in [1.165, 1.54) is 0 Å². The van der Waals surface area contributed by atoms with E-state index in [1.807, 2.05) is 28.2 Å². The number of hydrogen-bond donors (Lipinski definition) is 1. The second-order valence-corrected chi connectivity index (χ2v) is 5.98. The molecule has 1 N–H and O–H groups in total. The van der Waals surface area contributed by atoms with E-state index >= 15 is 0 Å². The molecule has 4 atom stereocenters. The lowest BCUT2D eigenvalue weighted by Crippen LogP contribution is -2.56. The average molecular weight is 293 g/mol. The Kier molecular flexibility index (Phi) is 9.99. The molecule has 0 saturated carbocycles. The van der Waals surface area contributed by atoms with E-state index in [-0.39, 0.29) is 12.1 Å². The molecule has 4 unspecified atom stereocenters. The van der Waals surface area contributed by atoms with Crippen molar-refractivity contribution in [3.63, 3.8) is 0 Å². The zero-order chi connectivity index (χ0) is 16.4. The molecule has 0 saturated heterocycles. The Morgan fingerprint density at radius 2 is 1.14 bits per heavy atom. The monoisotopic (exact) mass is 293 g/mol. The highest BCUT2D eigenvalue weighted by Gasteiger charge is 2.28. The molecule has 0 aromatic heterocycles. The Bertz CT molecular complexity index is 319. The smallest absolute Gasteiger partial charge is 0.0638 e. The molecule has 0 heterocycles. The maximum atomic E-state index is 9.13. The van der Waals surface area contributed by atoms with Crippen LogP contribution in [0.25, 0.3) is 0 Å². The quantitative estimate of drug-likeness (QED) is 0.665. The molecule has 120 valence electrons. The van der Waals surface area contributed by atoms with Gasteiger partial charge < -0.3 is 15.1 Å². The Balaban J connectivity index is 5.14. The summed E-state index contributed by atoms with van der Waals surface area (Å²) in [6, 6.07) is 5.34. The zero-order valence-electron chi connectivity index (χ0n) is 14.4. The molecule has 0 fully saturated rings. The maximum absolute atomic E-state index is 9.13. The molecule has 0 spiro atoms. The van der Waals surface area contributed by atoms with Crippen LogP contribution in [-0.4, -0.2) is 62.2 Å². The minimum atomic E-state index is 0.0855. The van der Waals surface area contributed by atoms with Crippen LogP contribution in [0.5, 0.6) is 0 Å². The van der Waals surface area contributed by atoms with Crippen LogP contribution in [0.15, 0.2) is 0 Å². The fraction of sp³-hybridized carbons (Fsp3) is 0.875. The molecule has 0 aliphatic rings. The highest BCUT2D eigenvalue weighted by molar-refractivity contribution is 4.96. The predicted octanol–water partition coefficient (Wildman–Crippen LogP) is 1.82. The summed E-state index contributed by atoms with van der Waals surface area (Å²) >= 11 is 0. The van der Waals surface area contributed by atoms with Crippen LogP contribution in [0.3, 0.4) is 0 Å². The Hall–Kier alpha value is -1.14. The summed E-state index contributed by atoms with van der Waals surface area (Å²) in [5.41, 5.74) is 0. The van der Waals surface area contributed by atoms with E-state index in [0.717, 1.165) is 12.8 Å². The van der Waals surface area contributed by atoms with Crippen LogP contribution in [0.1, 0.15) is 39.5 Å². The Labute approximate surface area is 130 Å². The molecule has 5 nitrogen and oxygen atoms in total. The van der Waals surface area contributed by atoms with Gasteiger partial charge in [0.2, 0.25) is 0 Å². The number of nitriles is 2. The summed E-state index contributed by atoms with van der Waals surface area (Å²) < 4.78 is 0. The van der Waals surface area contributed by atoms with Crippen molar-refractivity contribution in [2.24, 2.45) is 0 Å². The van der Waals surface area contributed by atoms with Crippen molar-refractivity contribution >= 4 is 0 Å². The molecule has 5 heteroatoms. The standard InChI is InChI=1S/C16H31N5/c1-7-15(20(3)4)13(9-11-17)19-14(10-12-18)16(8-2)21(5)6/h13-16,19H,7-10H2,1-6H3. The van der Waals surface area contributed by atoms with E-state index in [4.69, 9.17) is 10.5 Å². The van der Waals surface area contributed by atoms with Gasteiger partial charge in [-0.2, -0.15) is 10.5 Å². The fourth-order valence-electron chi connectivity index (χ4n) is 3.10. The third-order valence-electron chi connectivity index (χ3n) is 4.14. The first-order valence-corrected chi connectivity index (χ1v) is 7.75. The Morgan fingerprint density at radius 1 is 0.810 bits per heavy atom. The molecule has 0 aromatic carbocycles. The van der Waals surface area contributed by atoms with E-state index in [0.29, 0.717) is 24.9 Å². The zero-order valence-corrected chi connectivity index (χ0v) is 14.4. The number of nitrogens with one attached hydrogen (secondary N) is 1. The number of rotatable bonds is 10. The molecule has 0 aliphatic carbocycles. The lowest BCUT2D eigenvalue weighted by molar-refractivity contribution is 0.168. The summed E-state index contributed by atoms with van der Waals surface area (Å²) in [7, 11) is 8.18. The van der Waals surface area contributed by atoms with Crippen LogP contribution in [0.4, 0.5) is 0 Å². The largest absolute Gasteiger partial charge is 0.306 e. The van der Waals surface area contributed by atoms with Crippen molar-refractivity contribution < 1.29 is 0 Å². The number of hydrogen-bond acceptors (Lipinski definition) is 5. The highest BCUT2D eigenvalue weighted by Crippen LogP contribution is 2.15. The number of nitrogens with zero attached hydrogens (tertiary/aromatic N) is 4. The lowest BCUT2D eigenvalue weighted by Gasteiger charge is -2.37. The van der Waals surface area contributed by atoms with E-state index in [2.05, 4.69) is 41.1 Å². The summed E-state index contributed by atoms with van der Waals surface area (Å²) in [5.74, 6) is 0. The molecule has 0 aromatic rings. The summed E-state index contributed by atoms with van der Waals surface area (Å²) in [4.78, 5) is 4.32. The van der Waals surface area contributed by atoms with Gasteiger partial charge in [0, 0.05) is 24.2 Å². The van der Waals surface area contributed by atoms with E-state index in [1.54, 1.807) is 0 Å². The molecular formula is C16H31N5. The third kappa shape index (κ3) is 6.44. The van der Waals surface area contributed by atoms with Crippen molar-refractivity contribution in [3.8, 4) is 12.1 Å². The van der Waals surface area contributed by atoms with Crippen molar-refractivity contribution in [2.75, 3.05) is 28.2 Å². The molecular weight excluding hydrogens is 262 g/mol. The second-order valence-electron chi connectivity index (χ2n) is 5.98. The molecule has 0 bridgehead atoms. The SMILES string of the molecule is CCC(C(CC#N)NC(CC#N)C(CC)N(C)C)N(C)C. The predicted molar refractivity (Wildman–Crippen MR) is 86.7 cm³/mol. The van der Waals surface area contributed by atoms with E-state index in [9.17, 15) is 0 Å². The second kappa shape index (κ2) is 10.6. The topological polar surface area (TPSA) is 66.1 Å². The van der Waals surface area contributed by atoms with Crippen LogP contribution >= 0.6 is 0 Å². The van der Waals surface area contributed by atoms with Gasteiger partial charge in [0.05, 0.1) is 25.0 Å². The van der Waals surface area contributed by atoms with Crippen LogP contribution in [0, 0.1) is 22.7 Å². The van der Waals surface area contributed by atoms with Gasteiger partial charge in [-0.05, 0) is 41.0 Å². The van der Waals surface area contributed by atoms with E-state index < -0.39 is 0 Å². The maximum Gasteiger partial charge on any atom is 0.0638 e. The molecule has 0 radical (unpaired) electrons. The lowest BCUT2D eigenvalue weighted by atomic mass is 9.96. The van der Waals surface area contributed by atoms with Crippen LogP contribution in [-0.2, 0) is 0 Å². The molecule has 0 rings (SSSR count). The van der Waals surface area contributed by atoms with Crippen molar-refractivity contribution in [2.45, 2.75) is 63.7 Å². The number of likely N-dealkylation sites (N-methyl/N-ethyl adjacent to an activating group) is 2. The van der Waals surface area contributed by atoms with Crippen molar-refractivity contribution in [3.05, 3.63) is 0 Å². The van der Waals surface area contributed by atoms with Gasteiger partial charge >= 0.3 is 0 Å². The minimum absolute atomic E-state index is 0.0855. The summed E-state index contributed by atoms with van der Waals surface area (Å²) in [6.45, 7) is 4.28. The first kappa shape index (κ1) is 19.9. The minimum Gasteiger partial charge on any atom is -0.306 e. The van der Waals surface area contributed by atoms with Crippen LogP contribution < -0.4 is 5.32 Å². The normalized spacial score (nSPS) is 17.0. The first-order valence-electron chi connectivity index (χ1n) is 7.75. The summed E-state index contributed by atoms with van der Waals surface area (Å²) in [5, 5.41) is 21.8. The van der Waals surface area contributed by atoms with Crippen LogP contribution in [0.2, 0.25) is 0 Å². The molecule has 0 aliphatic heterocycles. The van der Waals surface area contributed by atoms with Gasteiger partial charge in [-0.25, -0.2) is 0 Å². The molecule has 0 amide bonds. The van der Waals surface area contributed by atoms with Crippen molar-refractivity contribution in [1.29, 1.82) is 10.5 Å².